The van der Waals surface area contributed by atoms with Gasteiger partial charge in [0, 0.05) is 22.7 Å². The number of ketones is 1. The van der Waals surface area contributed by atoms with E-state index in [9.17, 15) is 18.0 Å². The second-order valence-electron chi connectivity index (χ2n) is 5.23. The number of carbonyl (C=O) groups is 1. The summed E-state index contributed by atoms with van der Waals surface area (Å²) in [5.74, 6) is -5.21. The Balaban J connectivity index is 2.28. The van der Waals surface area contributed by atoms with Crippen LogP contribution in [0, 0.1) is 12.7 Å². The zero-order chi connectivity index (χ0) is 16.2. The van der Waals surface area contributed by atoms with Crippen LogP contribution < -0.4 is 0 Å². The predicted octanol–water partition coefficient (Wildman–Crippen LogP) is 5.00. The van der Waals surface area contributed by atoms with Gasteiger partial charge in [-0.15, -0.1) is 0 Å². The Morgan fingerprint density at radius 1 is 1.23 bits per heavy atom. The first-order valence-electron chi connectivity index (χ1n) is 6.51. The Hall–Kier alpha value is -1.46. The molecule has 0 bridgehead atoms. The van der Waals surface area contributed by atoms with Crippen LogP contribution in [0.5, 0.6) is 0 Å². The Bertz CT molecular complexity index is 778. The van der Waals surface area contributed by atoms with Gasteiger partial charge < -0.3 is 4.57 Å². The van der Waals surface area contributed by atoms with Crippen molar-refractivity contribution in [3.05, 3.63) is 51.0 Å². The molecule has 0 saturated heterocycles. The average molecular weight is 348 g/mol. The van der Waals surface area contributed by atoms with Crippen LogP contribution in [0.1, 0.15) is 28.0 Å². The number of fused-ring (bicyclic) bond motifs is 1. The maximum absolute atomic E-state index is 13.6. The number of nitrogens with zero attached hydrogens (tertiary/aromatic N) is 1. The quantitative estimate of drug-likeness (QED) is 0.711. The molecule has 1 aromatic heterocycles. The van der Waals surface area contributed by atoms with Gasteiger partial charge in [-0.2, -0.15) is 8.78 Å². The van der Waals surface area contributed by atoms with Crippen molar-refractivity contribution in [2.45, 2.75) is 25.7 Å². The van der Waals surface area contributed by atoms with Crippen molar-refractivity contribution in [3.8, 4) is 5.69 Å². The number of halogens is 5. The third-order valence-corrected chi connectivity index (χ3v) is 4.45. The molecule has 0 N–H and O–H groups in total. The lowest BCUT2D eigenvalue weighted by atomic mass is 9.91. The van der Waals surface area contributed by atoms with Crippen LogP contribution in [0.15, 0.2) is 18.2 Å². The van der Waals surface area contributed by atoms with Gasteiger partial charge in [-0.05, 0) is 37.1 Å². The summed E-state index contributed by atoms with van der Waals surface area (Å²) in [6.45, 7) is 1.50. The summed E-state index contributed by atoms with van der Waals surface area (Å²) in [5, 5.41) is 0.261. The smallest absolute Gasteiger partial charge is 0.303 e. The highest BCUT2D eigenvalue weighted by Gasteiger charge is 2.46. The number of aromatic nitrogens is 1. The van der Waals surface area contributed by atoms with E-state index in [1.807, 2.05) is 0 Å². The van der Waals surface area contributed by atoms with Crippen molar-refractivity contribution < 1.29 is 18.0 Å². The van der Waals surface area contributed by atoms with Gasteiger partial charge in [0.25, 0.3) is 0 Å². The topological polar surface area (TPSA) is 22.0 Å². The fourth-order valence-electron chi connectivity index (χ4n) is 2.77. The number of hydrogen-bond acceptors (Lipinski definition) is 1. The molecule has 1 aromatic carbocycles. The minimum absolute atomic E-state index is 0.0320. The molecule has 7 heteroatoms. The summed E-state index contributed by atoms with van der Waals surface area (Å²) in [6, 6.07) is 3.78. The normalized spacial score (nSPS) is 16.7. The molecule has 0 atom stereocenters. The van der Waals surface area contributed by atoms with E-state index in [2.05, 4.69) is 0 Å². The van der Waals surface area contributed by atoms with E-state index in [-0.39, 0.29) is 27.7 Å². The summed E-state index contributed by atoms with van der Waals surface area (Å²) in [5.41, 5.74) is 0.848. The molecule has 3 rings (SSSR count). The van der Waals surface area contributed by atoms with Gasteiger partial charge >= 0.3 is 5.92 Å². The van der Waals surface area contributed by atoms with Crippen molar-refractivity contribution in [1.82, 2.24) is 4.57 Å². The maximum atomic E-state index is 13.6. The number of benzene rings is 1. The monoisotopic (exact) mass is 347 g/mol. The van der Waals surface area contributed by atoms with Crippen LogP contribution in [0.3, 0.4) is 0 Å². The minimum atomic E-state index is -3.40. The van der Waals surface area contributed by atoms with Gasteiger partial charge in [-0.1, -0.05) is 23.2 Å². The van der Waals surface area contributed by atoms with Gasteiger partial charge in [0.05, 0.1) is 5.69 Å². The number of hydrogen-bond donors (Lipinski definition) is 0. The lowest BCUT2D eigenvalue weighted by Gasteiger charge is -2.22. The Kier molecular flexibility index (Phi) is 3.53. The maximum Gasteiger partial charge on any atom is 0.310 e. The van der Waals surface area contributed by atoms with Crippen LogP contribution in [0.25, 0.3) is 5.69 Å². The summed E-state index contributed by atoms with van der Waals surface area (Å²) in [7, 11) is 0. The zero-order valence-electron chi connectivity index (χ0n) is 11.4. The zero-order valence-corrected chi connectivity index (χ0v) is 12.9. The predicted molar refractivity (Wildman–Crippen MR) is 78.1 cm³/mol. The molecule has 2 aromatic rings. The molecule has 22 heavy (non-hydrogen) atoms. The summed E-state index contributed by atoms with van der Waals surface area (Å²) >= 11 is 12.0. The number of alkyl halides is 2. The van der Waals surface area contributed by atoms with Gasteiger partial charge in [0.15, 0.2) is 0 Å². The van der Waals surface area contributed by atoms with Crippen LogP contribution in [0.4, 0.5) is 13.2 Å². The van der Waals surface area contributed by atoms with Crippen LogP contribution >= 0.6 is 23.2 Å². The SMILES string of the molecule is Cc1c2c(n(-c3cc(F)cc(Cl)c3)c1Cl)CCC(F)(F)C2=O. The molecule has 0 saturated carbocycles. The van der Waals surface area contributed by atoms with Crippen LogP contribution in [-0.2, 0) is 6.42 Å². The second kappa shape index (κ2) is 5.03. The fraction of sp³-hybridized carbons (Fsp3) is 0.267. The van der Waals surface area contributed by atoms with E-state index in [0.717, 1.165) is 6.07 Å². The molecular weight excluding hydrogens is 338 g/mol. The average Bonchev–Trinajstić information content (AvgIpc) is 2.66. The number of carbonyl (C=O) groups excluding carboxylic acids is 1. The summed E-state index contributed by atoms with van der Waals surface area (Å²) in [4.78, 5) is 12.0. The van der Waals surface area contributed by atoms with Crippen molar-refractivity contribution in [2.75, 3.05) is 0 Å². The molecule has 116 valence electrons. The van der Waals surface area contributed by atoms with E-state index >= 15 is 0 Å². The minimum Gasteiger partial charge on any atom is -0.303 e. The second-order valence-corrected chi connectivity index (χ2v) is 6.03. The molecular formula is C15H10Cl2F3NO. The molecule has 2 nitrogen and oxygen atoms in total. The highest BCUT2D eigenvalue weighted by atomic mass is 35.5. The Morgan fingerprint density at radius 2 is 1.91 bits per heavy atom. The first-order valence-corrected chi connectivity index (χ1v) is 7.26. The molecule has 0 spiro atoms. The molecule has 0 unspecified atom stereocenters. The molecule has 0 aliphatic heterocycles. The van der Waals surface area contributed by atoms with E-state index in [1.54, 1.807) is 0 Å². The Morgan fingerprint density at radius 3 is 2.55 bits per heavy atom. The van der Waals surface area contributed by atoms with Crippen LogP contribution in [-0.4, -0.2) is 16.3 Å². The van der Waals surface area contributed by atoms with Gasteiger partial charge in [-0.3, -0.25) is 4.79 Å². The highest BCUT2D eigenvalue weighted by molar-refractivity contribution is 6.32. The third-order valence-electron chi connectivity index (χ3n) is 3.78. The Labute approximate surface area is 134 Å². The third kappa shape index (κ3) is 2.23. The number of Topliss-reactive ketones (excluding diaryl/α,β-unsaturated/α-hetero) is 1. The number of rotatable bonds is 1. The molecule has 0 amide bonds. The van der Waals surface area contributed by atoms with Gasteiger partial charge in [0.2, 0.25) is 5.78 Å². The lowest BCUT2D eigenvalue weighted by Crippen LogP contribution is -2.34. The summed E-state index contributed by atoms with van der Waals surface area (Å²) < 4.78 is 42.3. The molecule has 0 fully saturated rings. The largest absolute Gasteiger partial charge is 0.310 e. The lowest BCUT2D eigenvalue weighted by molar-refractivity contribution is 0.00167. The van der Waals surface area contributed by atoms with Gasteiger partial charge in [-0.25, -0.2) is 4.39 Å². The first kappa shape index (κ1) is 15.4. The van der Waals surface area contributed by atoms with Gasteiger partial charge in [0.1, 0.15) is 11.0 Å². The fourth-order valence-corrected chi connectivity index (χ4v) is 3.28. The highest BCUT2D eigenvalue weighted by Crippen LogP contribution is 2.40. The van der Waals surface area contributed by atoms with Crippen LogP contribution in [0.2, 0.25) is 10.2 Å². The molecule has 1 aliphatic rings. The van der Waals surface area contributed by atoms with Crippen molar-refractivity contribution >= 4 is 29.0 Å². The standard InChI is InChI=1S/C15H10Cl2F3NO/c1-7-12-11(2-3-15(19,20)13(12)22)21(14(7)17)10-5-8(16)4-9(18)6-10/h4-6H,2-3H2,1H3. The van der Waals surface area contributed by atoms with Crippen molar-refractivity contribution in [2.24, 2.45) is 0 Å². The van der Waals surface area contributed by atoms with E-state index in [1.165, 1.54) is 23.6 Å². The van der Waals surface area contributed by atoms with Crippen molar-refractivity contribution in [1.29, 1.82) is 0 Å². The summed E-state index contributed by atoms with van der Waals surface area (Å²) in [6.07, 6.45) is -0.628. The van der Waals surface area contributed by atoms with E-state index < -0.39 is 23.9 Å². The molecule has 1 heterocycles. The first-order chi connectivity index (χ1) is 10.2. The van der Waals surface area contributed by atoms with Crippen molar-refractivity contribution in [3.63, 3.8) is 0 Å². The molecule has 1 aliphatic carbocycles. The van der Waals surface area contributed by atoms with E-state index in [0.29, 0.717) is 11.4 Å². The van der Waals surface area contributed by atoms with E-state index in [4.69, 9.17) is 23.2 Å². The molecule has 0 radical (unpaired) electrons.